The second-order valence-electron chi connectivity index (χ2n) is 5.65. The molecule has 1 aromatic carbocycles. The number of aromatic nitrogens is 2. The zero-order valence-corrected chi connectivity index (χ0v) is 14.0. The van der Waals surface area contributed by atoms with Gasteiger partial charge in [0.2, 0.25) is 5.91 Å². The van der Waals surface area contributed by atoms with Gasteiger partial charge in [0.25, 0.3) is 0 Å². The summed E-state index contributed by atoms with van der Waals surface area (Å²) in [5.41, 5.74) is 7.49. The molecule has 0 spiro atoms. The molecule has 0 radical (unpaired) electrons. The van der Waals surface area contributed by atoms with Crippen LogP contribution in [0.1, 0.15) is 51.9 Å². The van der Waals surface area contributed by atoms with E-state index in [9.17, 15) is 4.79 Å². The van der Waals surface area contributed by atoms with Gasteiger partial charge in [0, 0.05) is 4.90 Å². The summed E-state index contributed by atoms with van der Waals surface area (Å²) in [4.78, 5) is 20.0. The second-order valence-corrected chi connectivity index (χ2v) is 6.92. The first kappa shape index (κ1) is 16.9. The second kappa shape index (κ2) is 8.83. The summed E-state index contributed by atoms with van der Waals surface area (Å²) in [6.45, 7) is 2.22. The van der Waals surface area contributed by atoms with E-state index >= 15 is 0 Å². The fourth-order valence-corrected chi connectivity index (χ4v) is 3.58. The number of nitrogens with one attached hydrogen (secondary N) is 1. The Kier molecular flexibility index (Phi) is 6.77. The Labute approximate surface area is 136 Å². The van der Waals surface area contributed by atoms with E-state index in [4.69, 9.17) is 5.73 Å². The van der Waals surface area contributed by atoms with Crippen LogP contribution in [0.15, 0.2) is 29.4 Å². The van der Waals surface area contributed by atoms with Gasteiger partial charge in [-0.05, 0) is 24.6 Å². The molecule has 2 rings (SSSR count). The lowest BCUT2D eigenvalue weighted by Crippen LogP contribution is -2.25. The minimum absolute atomic E-state index is 0.147. The number of imidazole rings is 1. The number of aromatic amines is 1. The molecule has 1 atom stereocenters. The summed E-state index contributed by atoms with van der Waals surface area (Å²) in [5.74, 6) is -0.219. The predicted octanol–water partition coefficient (Wildman–Crippen LogP) is 4.26. The summed E-state index contributed by atoms with van der Waals surface area (Å²) in [5, 5.41) is -0.147. The number of carbonyl (C=O) groups excluding carboxylic acids is 1. The van der Waals surface area contributed by atoms with E-state index in [0.29, 0.717) is 0 Å². The highest BCUT2D eigenvalue weighted by molar-refractivity contribution is 8.00. The van der Waals surface area contributed by atoms with Gasteiger partial charge >= 0.3 is 0 Å². The molecule has 3 N–H and O–H groups in total. The Hall–Kier alpha value is -1.49. The largest absolute Gasteiger partial charge is 0.369 e. The number of unbranched alkanes of at least 4 members (excludes halogenated alkanes) is 5. The Balaban J connectivity index is 1.84. The Morgan fingerprint density at radius 1 is 1.27 bits per heavy atom. The van der Waals surface area contributed by atoms with E-state index < -0.39 is 0 Å². The molecule has 1 heterocycles. The molecule has 0 fully saturated rings. The fourth-order valence-electron chi connectivity index (χ4n) is 2.52. The summed E-state index contributed by atoms with van der Waals surface area (Å²) >= 11 is 1.56. The van der Waals surface area contributed by atoms with Gasteiger partial charge in [-0.15, -0.1) is 11.8 Å². The van der Waals surface area contributed by atoms with Gasteiger partial charge in [0.1, 0.15) is 0 Å². The third kappa shape index (κ3) is 5.05. The van der Waals surface area contributed by atoms with Crippen molar-refractivity contribution in [2.75, 3.05) is 0 Å². The van der Waals surface area contributed by atoms with Gasteiger partial charge in [-0.3, -0.25) is 4.79 Å². The topological polar surface area (TPSA) is 71.8 Å². The third-order valence-electron chi connectivity index (χ3n) is 3.81. The van der Waals surface area contributed by atoms with Crippen LogP contribution in [0.2, 0.25) is 0 Å². The maximum absolute atomic E-state index is 11.7. The quantitative estimate of drug-likeness (QED) is 0.507. The van der Waals surface area contributed by atoms with Crippen LogP contribution < -0.4 is 5.73 Å². The lowest BCUT2D eigenvalue weighted by molar-refractivity contribution is -0.117. The van der Waals surface area contributed by atoms with Gasteiger partial charge in [-0.25, -0.2) is 4.98 Å². The van der Waals surface area contributed by atoms with Crippen LogP contribution in [-0.4, -0.2) is 21.1 Å². The summed E-state index contributed by atoms with van der Waals surface area (Å²) < 4.78 is 0. The van der Waals surface area contributed by atoms with Crippen LogP contribution in [-0.2, 0) is 4.79 Å². The van der Waals surface area contributed by atoms with Crippen molar-refractivity contribution in [1.29, 1.82) is 0 Å². The van der Waals surface area contributed by atoms with Crippen molar-refractivity contribution >= 4 is 28.7 Å². The summed E-state index contributed by atoms with van der Waals surface area (Å²) in [6.07, 6.45) is 9.90. The molecular formula is C17H25N3OS. The number of nitrogens with two attached hydrogens (primary N) is 1. The molecule has 1 unspecified atom stereocenters. The number of benzene rings is 1. The zero-order chi connectivity index (χ0) is 15.8. The van der Waals surface area contributed by atoms with Crippen molar-refractivity contribution in [3.05, 3.63) is 24.5 Å². The van der Waals surface area contributed by atoms with Crippen LogP contribution in [0, 0.1) is 0 Å². The molecule has 1 amide bonds. The average Bonchev–Trinajstić information content (AvgIpc) is 2.97. The third-order valence-corrected chi connectivity index (χ3v) is 5.09. The number of primary amides is 1. The molecule has 0 saturated carbocycles. The van der Waals surface area contributed by atoms with Gasteiger partial charge in [0.05, 0.1) is 22.6 Å². The standard InChI is InChI=1S/C17H25N3OS/c1-2-3-4-5-6-7-8-16(17(18)21)22-13-9-10-14-15(11-13)20-12-19-14/h9-12,16H,2-8H2,1H3,(H2,18,21)(H,19,20). The molecule has 0 aliphatic heterocycles. The molecular weight excluding hydrogens is 294 g/mol. The summed E-state index contributed by atoms with van der Waals surface area (Å²) in [7, 11) is 0. The number of fused-ring (bicyclic) bond motifs is 1. The number of thioether (sulfide) groups is 1. The lowest BCUT2D eigenvalue weighted by atomic mass is 10.1. The SMILES string of the molecule is CCCCCCCCC(Sc1ccc2nc[nH]c2c1)C(N)=O. The number of hydrogen-bond donors (Lipinski definition) is 2. The molecule has 0 saturated heterocycles. The van der Waals surface area contributed by atoms with Crippen molar-refractivity contribution in [3.63, 3.8) is 0 Å². The molecule has 1 aromatic heterocycles. The number of carbonyl (C=O) groups is 1. The van der Waals surface area contributed by atoms with Gasteiger partial charge in [-0.1, -0.05) is 45.4 Å². The van der Waals surface area contributed by atoms with Crippen LogP contribution >= 0.6 is 11.8 Å². The number of hydrogen-bond acceptors (Lipinski definition) is 3. The van der Waals surface area contributed by atoms with E-state index in [0.717, 1.165) is 28.8 Å². The minimum Gasteiger partial charge on any atom is -0.369 e. The molecule has 120 valence electrons. The highest BCUT2D eigenvalue weighted by Crippen LogP contribution is 2.28. The van der Waals surface area contributed by atoms with Crippen molar-refractivity contribution < 1.29 is 4.79 Å². The first-order chi connectivity index (χ1) is 10.7. The maximum Gasteiger partial charge on any atom is 0.230 e. The normalized spacial score (nSPS) is 12.6. The van der Waals surface area contributed by atoms with Crippen molar-refractivity contribution in [1.82, 2.24) is 9.97 Å². The van der Waals surface area contributed by atoms with Crippen molar-refractivity contribution in [3.8, 4) is 0 Å². The number of rotatable bonds is 10. The van der Waals surface area contributed by atoms with Crippen LogP contribution in [0.4, 0.5) is 0 Å². The minimum atomic E-state index is -0.219. The number of nitrogens with zero attached hydrogens (tertiary/aromatic N) is 1. The first-order valence-corrected chi connectivity index (χ1v) is 8.97. The zero-order valence-electron chi connectivity index (χ0n) is 13.2. The Bertz CT molecular complexity index is 596. The lowest BCUT2D eigenvalue weighted by Gasteiger charge is -2.13. The van der Waals surface area contributed by atoms with Gasteiger partial charge in [0.15, 0.2) is 0 Å². The van der Waals surface area contributed by atoms with Crippen LogP contribution in [0.25, 0.3) is 11.0 Å². The Morgan fingerprint density at radius 2 is 2.05 bits per heavy atom. The smallest absolute Gasteiger partial charge is 0.230 e. The molecule has 2 aromatic rings. The van der Waals surface area contributed by atoms with E-state index in [2.05, 4.69) is 16.9 Å². The first-order valence-electron chi connectivity index (χ1n) is 8.10. The number of amides is 1. The Morgan fingerprint density at radius 3 is 2.82 bits per heavy atom. The predicted molar refractivity (Wildman–Crippen MR) is 92.9 cm³/mol. The highest BCUT2D eigenvalue weighted by Gasteiger charge is 2.16. The van der Waals surface area contributed by atoms with E-state index in [-0.39, 0.29) is 11.2 Å². The van der Waals surface area contributed by atoms with Crippen LogP contribution in [0.5, 0.6) is 0 Å². The van der Waals surface area contributed by atoms with Crippen molar-refractivity contribution in [2.24, 2.45) is 5.73 Å². The highest BCUT2D eigenvalue weighted by atomic mass is 32.2. The van der Waals surface area contributed by atoms with E-state index in [1.807, 2.05) is 18.2 Å². The monoisotopic (exact) mass is 319 g/mol. The molecule has 0 aliphatic carbocycles. The average molecular weight is 319 g/mol. The fraction of sp³-hybridized carbons (Fsp3) is 0.529. The maximum atomic E-state index is 11.7. The molecule has 0 bridgehead atoms. The molecule has 22 heavy (non-hydrogen) atoms. The van der Waals surface area contributed by atoms with E-state index in [1.54, 1.807) is 18.1 Å². The molecule has 0 aliphatic rings. The molecule has 5 heteroatoms. The summed E-state index contributed by atoms with van der Waals surface area (Å²) in [6, 6.07) is 6.01. The van der Waals surface area contributed by atoms with E-state index in [1.165, 1.54) is 32.1 Å². The van der Waals surface area contributed by atoms with Crippen molar-refractivity contribution in [2.45, 2.75) is 62.0 Å². The van der Waals surface area contributed by atoms with Crippen LogP contribution in [0.3, 0.4) is 0 Å². The van der Waals surface area contributed by atoms with Gasteiger partial charge in [-0.2, -0.15) is 0 Å². The van der Waals surface area contributed by atoms with Gasteiger partial charge < -0.3 is 10.7 Å². The molecule has 4 nitrogen and oxygen atoms in total. The number of H-pyrrole nitrogens is 1.